The molecule has 3 rings (SSSR count). The number of nitrogens with zero attached hydrogens (tertiary/aromatic N) is 1. The van der Waals surface area contributed by atoms with E-state index in [0.29, 0.717) is 5.02 Å². The highest BCUT2D eigenvalue weighted by atomic mass is 35.5. The summed E-state index contributed by atoms with van der Waals surface area (Å²) in [5.41, 5.74) is 3.02. The molecule has 2 N–H and O–H groups in total. The van der Waals surface area contributed by atoms with E-state index in [0.717, 1.165) is 29.0 Å². The fraction of sp³-hybridized carbons (Fsp3) is 0.300. The predicted octanol–water partition coefficient (Wildman–Crippen LogP) is 4.83. The molecule has 26 heavy (non-hydrogen) atoms. The molecule has 1 aromatic heterocycles. The van der Waals surface area contributed by atoms with Gasteiger partial charge in [-0.25, -0.2) is 4.98 Å². The van der Waals surface area contributed by atoms with Gasteiger partial charge in [-0.2, -0.15) is 0 Å². The number of rotatable bonds is 7. The highest BCUT2D eigenvalue weighted by molar-refractivity contribution is 8.00. The first-order valence-corrected chi connectivity index (χ1v) is 9.93. The predicted molar refractivity (Wildman–Crippen MR) is 109 cm³/mol. The van der Waals surface area contributed by atoms with Crippen LogP contribution in [0.1, 0.15) is 25.8 Å². The second-order valence-corrected chi connectivity index (χ2v) is 8.16. The van der Waals surface area contributed by atoms with Crippen LogP contribution in [-0.4, -0.2) is 27.2 Å². The van der Waals surface area contributed by atoms with Crippen molar-refractivity contribution in [2.45, 2.75) is 43.1 Å². The second kappa shape index (κ2) is 8.60. The van der Waals surface area contributed by atoms with E-state index >= 15 is 0 Å². The standard InChI is InChI=1S/C20H22ClN3OS/c1-13(8-9-15-6-4-3-5-7-15)22-19(25)14(2)26-20-23-17-11-10-16(21)12-18(17)24-20/h3-7,10-14H,8-9H2,1-2H3,(H,22,25)(H,23,24)/t13-,14+/m1/s1. The summed E-state index contributed by atoms with van der Waals surface area (Å²) >= 11 is 7.41. The van der Waals surface area contributed by atoms with Gasteiger partial charge in [-0.05, 0) is 50.5 Å². The van der Waals surface area contributed by atoms with Gasteiger partial charge in [-0.15, -0.1) is 0 Å². The Morgan fingerprint density at radius 1 is 1.23 bits per heavy atom. The third kappa shape index (κ3) is 5.02. The van der Waals surface area contributed by atoms with Crippen LogP contribution in [0.4, 0.5) is 0 Å². The van der Waals surface area contributed by atoms with Gasteiger partial charge in [0, 0.05) is 11.1 Å². The first-order chi connectivity index (χ1) is 12.5. The molecule has 0 radical (unpaired) electrons. The van der Waals surface area contributed by atoms with Crippen molar-refractivity contribution in [3.8, 4) is 0 Å². The van der Waals surface area contributed by atoms with Crippen LogP contribution >= 0.6 is 23.4 Å². The third-order valence-electron chi connectivity index (χ3n) is 4.18. The van der Waals surface area contributed by atoms with Crippen LogP contribution in [0.3, 0.4) is 0 Å². The number of aromatic amines is 1. The first-order valence-electron chi connectivity index (χ1n) is 8.67. The van der Waals surface area contributed by atoms with Crippen LogP contribution in [0, 0.1) is 0 Å². The van der Waals surface area contributed by atoms with Gasteiger partial charge < -0.3 is 10.3 Å². The Hall–Kier alpha value is -1.98. The average molecular weight is 388 g/mol. The van der Waals surface area contributed by atoms with Crippen LogP contribution in [-0.2, 0) is 11.2 Å². The molecule has 6 heteroatoms. The third-order valence-corrected chi connectivity index (χ3v) is 5.40. The number of hydrogen-bond donors (Lipinski definition) is 2. The minimum absolute atomic E-state index is 0.0223. The van der Waals surface area contributed by atoms with Crippen molar-refractivity contribution in [2.24, 2.45) is 0 Å². The average Bonchev–Trinajstić information content (AvgIpc) is 3.02. The zero-order valence-corrected chi connectivity index (χ0v) is 16.4. The van der Waals surface area contributed by atoms with E-state index in [4.69, 9.17) is 11.6 Å². The van der Waals surface area contributed by atoms with Crippen LogP contribution < -0.4 is 5.32 Å². The van der Waals surface area contributed by atoms with Crippen molar-refractivity contribution < 1.29 is 4.79 Å². The number of hydrogen-bond acceptors (Lipinski definition) is 3. The van der Waals surface area contributed by atoms with Gasteiger partial charge in [0.1, 0.15) is 0 Å². The number of benzene rings is 2. The van der Waals surface area contributed by atoms with Crippen LogP contribution in [0.15, 0.2) is 53.7 Å². The second-order valence-electron chi connectivity index (χ2n) is 6.40. The summed E-state index contributed by atoms with van der Waals surface area (Å²) < 4.78 is 0. The SMILES string of the molecule is C[C@H](CCc1ccccc1)NC(=O)[C@H](C)Sc1nc2ccc(Cl)cc2[nH]1. The molecule has 0 aliphatic carbocycles. The number of aromatic nitrogens is 2. The molecule has 0 bridgehead atoms. The number of nitrogens with one attached hydrogen (secondary N) is 2. The van der Waals surface area contributed by atoms with Gasteiger partial charge in [-0.3, -0.25) is 4.79 Å². The van der Waals surface area contributed by atoms with Gasteiger partial charge in [0.25, 0.3) is 0 Å². The maximum Gasteiger partial charge on any atom is 0.233 e. The van der Waals surface area contributed by atoms with Crippen molar-refractivity contribution in [3.05, 3.63) is 59.1 Å². The minimum atomic E-state index is -0.231. The lowest BCUT2D eigenvalue weighted by atomic mass is 10.1. The number of carbonyl (C=O) groups excluding carboxylic acids is 1. The summed E-state index contributed by atoms with van der Waals surface area (Å²) in [5, 5.41) is 4.25. The van der Waals surface area contributed by atoms with Crippen molar-refractivity contribution in [2.75, 3.05) is 0 Å². The Kier molecular flexibility index (Phi) is 6.22. The van der Waals surface area contributed by atoms with E-state index in [1.54, 1.807) is 0 Å². The zero-order valence-electron chi connectivity index (χ0n) is 14.8. The lowest BCUT2D eigenvalue weighted by molar-refractivity contribution is -0.120. The number of fused-ring (bicyclic) bond motifs is 1. The maximum atomic E-state index is 12.4. The molecular weight excluding hydrogens is 366 g/mol. The van der Waals surface area contributed by atoms with E-state index in [1.165, 1.54) is 17.3 Å². The van der Waals surface area contributed by atoms with Crippen LogP contribution in [0.2, 0.25) is 5.02 Å². The summed E-state index contributed by atoms with van der Waals surface area (Å²) in [6, 6.07) is 16.0. The number of carbonyl (C=O) groups is 1. The van der Waals surface area contributed by atoms with Gasteiger partial charge in [-0.1, -0.05) is 53.7 Å². The van der Waals surface area contributed by atoms with Crippen molar-refractivity contribution >= 4 is 40.3 Å². The summed E-state index contributed by atoms with van der Waals surface area (Å²) in [4.78, 5) is 20.2. The fourth-order valence-electron chi connectivity index (χ4n) is 2.70. The molecule has 0 saturated carbocycles. The molecule has 136 valence electrons. The number of halogens is 1. The normalized spacial score (nSPS) is 13.5. The van der Waals surface area contributed by atoms with Gasteiger partial charge in [0.05, 0.1) is 16.3 Å². The summed E-state index contributed by atoms with van der Waals surface area (Å²) in [5.74, 6) is 0.0223. The quantitative estimate of drug-likeness (QED) is 0.570. The molecule has 4 nitrogen and oxygen atoms in total. The molecule has 0 aliphatic rings. The Balaban J connectivity index is 1.51. The highest BCUT2D eigenvalue weighted by Crippen LogP contribution is 2.25. The molecule has 2 atom stereocenters. The van der Waals surface area contributed by atoms with Crippen molar-refractivity contribution in [1.82, 2.24) is 15.3 Å². The molecule has 3 aromatic rings. The molecule has 0 spiro atoms. The fourth-order valence-corrected chi connectivity index (χ4v) is 3.70. The van der Waals surface area contributed by atoms with E-state index < -0.39 is 0 Å². The van der Waals surface area contributed by atoms with E-state index in [1.807, 2.05) is 50.2 Å². The highest BCUT2D eigenvalue weighted by Gasteiger charge is 2.18. The molecule has 0 aliphatic heterocycles. The number of thioether (sulfide) groups is 1. The topological polar surface area (TPSA) is 57.8 Å². The Labute approximate surface area is 162 Å². The van der Waals surface area contributed by atoms with Crippen LogP contribution in [0.5, 0.6) is 0 Å². The summed E-state index contributed by atoms with van der Waals surface area (Å²) in [6.45, 7) is 3.94. The molecule has 2 aromatic carbocycles. The van der Waals surface area contributed by atoms with Gasteiger partial charge >= 0.3 is 0 Å². The van der Waals surface area contributed by atoms with Crippen molar-refractivity contribution in [1.29, 1.82) is 0 Å². The molecule has 0 saturated heterocycles. The Morgan fingerprint density at radius 2 is 2.00 bits per heavy atom. The minimum Gasteiger partial charge on any atom is -0.353 e. The Bertz CT molecular complexity index is 881. The zero-order chi connectivity index (χ0) is 18.5. The molecule has 0 fully saturated rings. The van der Waals surface area contributed by atoms with Crippen LogP contribution in [0.25, 0.3) is 11.0 Å². The lowest BCUT2D eigenvalue weighted by Gasteiger charge is -2.16. The largest absolute Gasteiger partial charge is 0.353 e. The molecular formula is C20H22ClN3OS. The maximum absolute atomic E-state index is 12.4. The Morgan fingerprint density at radius 3 is 2.77 bits per heavy atom. The first kappa shape index (κ1) is 18.8. The van der Waals surface area contributed by atoms with Gasteiger partial charge in [0.15, 0.2) is 5.16 Å². The monoisotopic (exact) mass is 387 g/mol. The van der Waals surface area contributed by atoms with E-state index in [9.17, 15) is 4.79 Å². The molecule has 1 heterocycles. The molecule has 1 amide bonds. The van der Waals surface area contributed by atoms with E-state index in [-0.39, 0.29) is 17.2 Å². The van der Waals surface area contributed by atoms with Gasteiger partial charge in [0.2, 0.25) is 5.91 Å². The number of H-pyrrole nitrogens is 1. The summed E-state index contributed by atoms with van der Waals surface area (Å²) in [7, 11) is 0. The number of imidazole rings is 1. The lowest BCUT2D eigenvalue weighted by Crippen LogP contribution is -2.37. The smallest absolute Gasteiger partial charge is 0.233 e. The summed E-state index contributed by atoms with van der Waals surface area (Å²) in [6.07, 6.45) is 1.87. The van der Waals surface area contributed by atoms with E-state index in [2.05, 4.69) is 27.4 Å². The number of amides is 1. The number of aryl methyl sites for hydroxylation is 1. The molecule has 0 unspecified atom stereocenters. The van der Waals surface area contributed by atoms with Crippen molar-refractivity contribution in [3.63, 3.8) is 0 Å².